The van der Waals surface area contributed by atoms with Crippen LogP contribution in [0.5, 0.6) is 0 Å². The van der Waals surface area contributed by atoms with E-state index in [0.717, 1.165) is 62.2 Å². The van der Waals surface area contributed by atoms with Crippen molar-refractivity contribution in [1.29, 1.82) is 0 Å². The SMILES string of the molecule is NCC1CCC(C(=O)Nc2cc(-c3coc(C4CC4)n3)ccn2)CC1. The van der Waals surface area contributed by atoms with E-state index >= 15 is 0 Å². The number of pyridine rings is 1. The van der Waals surface area contributed by atoms with Gasteiger partial charge in [-0.15, -0.1) is 0 Å². The fourth-order valence-corrected chi connectivity index (χ4v) is 3.48. The van der Waals surface area contributed by atoms with E-state index in [-0.39, 0.29) is 11.8 Å². The molecule has 25 heavy (non-hydrogen) atoms. The Hall–Kier alpha value is -2.21. The average molecular weight is 340 g/mol. The van der Waals surface area contributed by atoms with E-state index in [1.807, 2.05) is 12.1 Å². The van der Waals surface area contributed by atoms with E-state index < -0.39 is 0 Å². The Kier molecular flexibility index (Phi) is 4.53. The molecule has 6 heteroatoms. The number of oxazole rings is 1. The second-order valence-corrected chi connectivity index (χ2v) is 7.22. The molecule has 2 aliphatic carbocycles. The molecular weight excluding hydrogens is 316 g/mol. The lowest BCUT2D eigenvalue weighted by Gasteiger charge is -2.26. The molecule has 2 aliphatic rings. The van der Waals surface area contributed by atoms with Gasteiger partial charge in [-0.05, 0) is 63.1 Å². The Balaban J connectivity index is 1.41. The van der Waals surface area contributed by atoms with Crippen LogP contribution in [0.4, 0.5) is 5.82 Å². The topological polar surface area (TPSA) is 94.0 Å². The first kappa shape index (κ1) is 16.3. The lowest BCUT2D eigenvalue weighted by atomic mass is 9.81. The summed E-state index contributed by atoms with van der Waals surface area (Å²) >= 11 is 0. The number of nitrogens with two attached hydrogens (primary N) is 1. The number of hydrogen-bond acceptors (Lipinski definition) is 5. The summed E-state index contributed by atoms with van der Waals surface area (Å²) in [4.78, 5) is 21.3. The molecule has 1 amide bonds. The van der Waals surface area contributed by atoms with E-state index in [1.165, 1.54) is 0 Å². The van der Waals surface area contributed by atoms with Crippen molar-refractivity contribution in [2.75, 3.05) is 11.9 Å². The number of nitrogens with one attached hydrogen (secondary N) is 1. The van der Waals surface area contributed by atoms with Crippen molar-refractivity contribution in [3.8, 4) is 11.3 Å². The minimum atomic E-state index is 0.0546. The van der Waals surface area contributed by atoms with Gasteiger partial charge in [0.2, 0.25) is 5.91 Å². The fourth-order valence-electron chi connectivity index (χ4n) is 3.48. The van der Waals surface area contributed by atoms with Crippen LogP contribution in [0.2, 0.25) is 0 Å². The van der Waals surface area contributed by atoms with Crippen LogP contribution in [0.3, 0.4) is 0 Å². The lowest BCUT2D eigenvalue weighted by Crippen LogP contribution is -2.29. The van der Waals surface area contributed by atoms with Gasteiger partial charge in [0.05, 0.1) is 0 Å². The summed E-state index contributed by atoms with van der Waals surface area (Å²) in [6.07, 6.45) is 9.57. The number of amides is 1. The maximum atomic E-state index is 12.5. The Bertz CT molecular complexity index is 745. The summed E-state index contributed by atoms with van der Waals surface area (Å²) in [5, 5.41) is 2.96. The van der Waals surface area contributed by atoms with Gasteiger partial charge in [-0.25, -0.2) is 9.97 Å². The molecule has 132 valence electrons. The number of rotatable bonds is 5. The zero-order chi connectivity index (χ0) is 17.2. The molecule has 0 aromatic carbocycles. The van der Waals surface area contributed by atoms with E-state index in [2.05, 4.69) is 15.3 Å². The molecule has 6 nitrogen and oxygen atoms in total. The van der Waals surface area contributed by atoms with Crippen LogP contribution in [0.1, 0.15) is 50.3 Å². The Morgan fingerprint density at radius 1 is 1.24 bits per heavy atom. The molecule has 0 bridgehead atoms. The number of carbonyl (C=O) groups excluding carboxylic acids is 1. The third-order valence-electron chi connectivity index (χ3n) is 5.31. The van der Waals surface area contributed by atoms with E-state index in [1.54, 1.807) is 12.5 Å². The van der Waals surface area contributed by atoms with Gasteiger partial charge in [0.25, 0.3) is 0 Å². The number of aromatic nitrogens is 2. The maximum Gasteiger partial charge on any atom is 0.228 e. The summed E-state index contributed by atoms with van der Waals surface area (Å²) in [6.45, 7) is 0.721. The van der Waals surface area contributed by atoms with Crippen molar-refractivity contribution in [1.82, 2.24) is 9.97 Å². The van der Waals surface area contributed by atoms with Gasteiger partial charge in [0.1, 0.15) is 17.8 Å². The summed E-state index contributed by atoms with van der Waals surface area (Å²) in [7, 11) is 0. The van der Waals surface area contributed by atoms with Crippen LogP contribution in [0.25, 0.3) is 11.3 Å². The average Bonchev–Trinajstić information content (AvgIpc) is 3.39. The summed E-state index contributed by atoms with van der Waals surface area (Å²) in [5.74, 6) is 2.55. The molecule has 0 atom stereocenters. The van der Waals surface area contributed by atoms with Crippen LogP contribution in [-0.4, -0.2) is 22.4 Å². The van der Waals surface area contributed by atoms with Crippen molar-refractivity contribution < 1.29 is 9.21 Å². The van der Waals surface area contributed by atoms with Crippen LogP contribution in [0.15, 0.2) is 29.0 Å². The van der Waals surface area contributed by atoms with Crippen molar-refractivity contribution in [3.63, 3.8) is 0 Å². The molecule has 3 N–H and O–H groups in total. The van der Waals surface area contributed by atoms with E-state index in [9.17, 15) is 4.79 Å². The predicted molar refractivity (Wildman–Crippen MR) is 94.8 cm³/mol. The van der Waals surface area contributed by atoms with Gasteiger partial charge >= 0.3 is 0 Å². The van der Waals surface area contributed by atoms with Gasteiger partial charge in [-0.2, -0.15) is 0 Å². The highest BCUT2D eigenvalue weighted by Gasteiger charge is 2.29. The zero-order valence-corrected chi connectivity index (χ0v) is 14.3. The van der Waals surface area contributed by atoms with Gasteiger partial charge in [-0.1, -0.05) is 0 Å². The first-order valence-electron chi connectivity index (χ1n) is 9.15. The maximum absolute atomic E-state index is 12.5. The van der Waals surface area contributed by atoms with Gasteiger partial charge < -0.3 is 15.5 Å². The summed E-state index contributed by atoms with van der Waals surface area (Å²) in [6, 6.07) is 3.74. The van der Waals surface area contributed by atoms with Crippen LogP contribution < -0.4 is 11.1 Å². The van der Waals surface area contributed by atoms with Crippen molar-refractivity contribution in [3.05, 3.63) is 30.5 Å². The zero-order valence-electron chi connectivity index (χ0n) is 14.3. The minimum absolute atomic E-state index is 0.0546. The van der Waals surface area contributed by atoms with E-state index in [4.69, 9.17) is 10.2 Å². The molecule has 2 aromatic heterocycles. The Morgan fingerprint density at radius 2 is 2.04 bits per heavy atom. The highest BCUT2D eigenvalue weighted by atomic mass is 16.3. The van der Waals surface area contributed by atoms with E-state index in [0.29, 0.717) is 17.7 Å². The number of hydrogen-bond donors (Lipinski definition) is 2. The Morgan fingerprint density at radius 3 is 2.76 bits per heavy atom. The molecule has 0 aliphatic heterocycles. The quantitative estimate of drug-likeness (QED) is 0.871. The van der Waals surface area contributed by atoms with Crippen molar-refractivity contribution in [2.45, 2.75) is 44.4 Å². The standard InChI is InChI=1S/C19H24N4O2/c20-10-12-1-3-13(4-2-12)18(24)23-17-9-15(7-8-21-17)16-11-25-19(22-16)14-5-6-14/h7-9,11-14H,1-6,10,20H2,(H,21,23,24). The monoisotopic (exact) mass is 340 g/mol. The predicted octanol–water partition coefficient (Wildman–Crippen LogP) is 3.32. The highest BCUT2D eigenvalue weighted by molar-refractivity contribution is 5.92. The Labute approximate surface area is 147 Å². The molecule has 2 fully saturated rings. The molecule has 0 unspecified atom stereocenters. The fraction of sp³-hybridized carbons (Fsp3) is 0.526. The molecular formula is C19H24N4O2. The molecule has 0 radical (unpaired) electrons. The minimum Gasteiger partial charge on any atom is -0.448 e. The lowest BCUT2D eigenvalue weighted by molar-refractivity contribution is -0.121. The third kappa shape index (κ3) is 3.74. The van der Waals surface area contributed by atoms with Gasteiger partial charge in [0, 0.05) is 23.6 Å². The van der Waals surface area contributed by atoms with Gasteiger partial charge in [0.15, 0.2) is 5.89 Å². The first-order valence-corrected chi connectivity index (χ1v) is 9.15. The largest absolute Gasteiger partial charge is 0.448 e. The molecule has 0 saturated heterocycles. The molecule has 2 saturated carbocycles. The highest BCUT2D eigenvalue weighted by Crippen LogP contribution is 2.40. The summed E-state index contributed by atoms with van der Waals surface area (Å²) < 4.78 is 5.55. The smallest absolute Gasteiger partial charge is 0.228 e. The second-order valence-electron chi connectivity index (χ2n) is 7.22. The molecule has 2 heterocycles. The number of carbonyl (C=O) groups is 1. The van der Waals surface area contributed by atoms with Crippen molar-refractivity contribution >= 4 is 11.7 Å². The van der Waals surface area contributed by atoms with Crippen molar-refractivity contribution in [2.24, 2.45) is 17.6 Å². The van der Waals surface area contributed by atoms with Gasteiger partial charge in [-0.3, -0.25) is 4.79 Å². The molecule has 2 aromatic rings. The van der Waals surface area contributed by atoms with Crippen LogP contribution in [0, 0.1) is 11.8 Å². The molecule has 0 spiro atoms. The third-order valence-corrected chi connectivity index (χ3v) is 5.31. The number of nitrogens with zero attached hydrogens (tertiary/aromatic N) is 2. The normalized spacial score (nSPS) is 23.4. The summed E-state index contributed by atoms with van der Waals surface area (Å²) in [5.41, 5.74) is 7.43. The van der Waals surface area contributed by atoms with Crippen LogP contribution in [-0.2, 0) is 4.79 Å². The number of anilines is 1. The first-order chi connectivity index (χ1) is 12.2. The van der Waals surface area contributed by atoms with Crippen LogP contribution >= 0.6 is 0 Å². The molecule has 4 rings (SSSR count). The second kappa shape index (κ2) is 6.96.